The van der Waals surface area contributed by atoms with Crippen molar-refractivity contribution in [3.8, 4) is 5.75 Å². The Morgan fingerprint density at radius 3 is 2.76 bits per heavy atom. The molecular weight excluding hydrogens is 296 g/mol. The van der Waals surface area contributed by atoms with Gasteiger partial charge in [-0.1, -0.05) is 46.3 Å². The van der Waals surface area contributed by atoms with Crippen LogP contribution in [0.1, 0.15) is 16.9 Å². The molecule has 2 rings (SSSR count). The molecule has 1 heterocycles. The van der Waals surface area contributed by atoms with Crippen molar-refractivity contribution in [3.05, 3.63) is 52.2 Å². The van der Waals surface area contributed by atoms with Crippen LogP contribution < -0.4 is 4.74 Å². The lowest BCUT2D eigenvalue weighted by Gasteiger charge is -2.03. The van der Waals surface area contributed by atoms with E-state index in [-0.39, 0.29) is 0 Å². The lowest BCUT2D eigenvalue weighted by molar-refractivity contribution is 0.307. The van der Waals surface area contributed by atoms with Gasteiger partial charge in [0, 0.05) is 15.6 Å². The Balaban J connectivity index is 1.85. The largest absolute Gasteiger partial charge is 0.488 e. The smallest absolute Gasteiger partial charge is 0.130 e. The fourth-order valence-corrected chi connectivity index (χ4v) is 2.68. The Morgan fingerprint density at radius 2 is 2.00 bits per heavy atom. The fourth-order valence-electron chi connectivity index (χ4n) is 1.55. The van der Waals surface area contributed by atoms with Gasteiger partial charge in [-0.25, -0.2) is 0 Å². The van der Waals surface area contributed by atoms with Crippen molar-refractivity contribution in [1.82, 2.24) is 0 Å². The van der Waals surface area contributed by atoms with E-state index in [1.807, 2.05) is 18.2 Å². The van der Waals surface area contributed by atoms with Crippen LogP contribution in [-0.2, 0) is 13.0 Å². The van der Waals surface area contributed by atoms with Gasteiger partial charge in [-0.3, -0.25) is 0 Å². The molecule has 0 aliphatic rings. The van der Waals surface area contributed by atoms with Gasteiger partial charge in [0.05, 0.1) is 0 Å². The van der Waals surface area contributed by atoms with Crippen LogP contribution >= 0.6 is 27.3 Å². The summed E-state index contributed by atoms with van der Waals surface area (Å²) >= 11 is 5.23. The van der Waals surface area contributed by atoms with Gasteiger partial charge < -0.3 is 4.74 Å². The Hall–Kier alpha value is -0.800. The number of rotatable bonds is 6. The van der Waals surface area contributed by atoms with E-state index in [9.17, 15) is 0 Å². The van der Waals surface area contributed by atoms with Gasteiger partial charge in [0.15, 0.2) is 0 Å². The topological polar surface area (TPSA) is 9.23 Å². The normalized spacial score (nSPS) is 10.4. The Bertz CT molecular complexity index is 438. The van der Waals surface area contributed by atoms with E-state index in [4.69, 9.17) is 4.74 Å². The molecule has 0 unspecified atom stereocenters. The third-order valence-corrected chi connectivity index (χ3v) is 3.97. The number of thiophene rings is 1. The van der Waals surface area contributed by atoms with E-state index < -0.39 is 0 Å². The van der Waals surface area contributed by atoms with Crippen molar-refractivity contribution in [3.63, 3.8) is 0 Å². The van der Waals surface area contributed by atoms with E-state index in [0.717, 1.165) is 17.5 Å². The highest BCUT2D eigenvalue weighted by Gasteiger charge is 2.01. The maximum Gasteiger partial charge on any atom is 0.130 e. The standard InChI is InChI=1S/C14H15BrOS/c15-8-4-7-14-9-13(11-17-14)16-10-12-5-2-1-3-6-12/h1-3,5-6,9,11H,4,7-8,10H2. The SMILES string of the molecule is BrCCCc1cc(OCc2ccccc2)cs1. The van der Waals surface area contributed by atoms with Gasteiger partial charge in [-0.15, -0.1) is 11.3 Å². The number of benzene rings is 1. The van der Waals surface area contributed by atoms with Crippen LogP contribution in [0.5, 0.6) is 5.75 Å². The summed E-state index contributed by atoms with van der Waals surface area (Å²) in [7, 11) is 0. The van der Waals surface area contributed by atoms with Crippen molar-refractivity contribution in [2.45, 2.75) is 19.4 Å². The second-order valence-electron chi connectivity index (χ2n) is 3.82. The molecular formula is C14H15BrOS. The number of alkyl halides is 1. The molecule has 0 fully saturated rings. The van der Waals surface area contributed by atoms with E-state index >= 15 is 0 Å². The average molecular weight is 311 g/mol. The van der Waals surface area contributed by atoms with Crippen LogP contribution in [-0.4, -0.2) is 5.33 Å². The predicted molar refractivity (Wildman–Crippen MR) is 77.2 cm³/mol. The third kappa shape index (κ3) is 4.17. The molecule has 0 saturated carbocycles. The number of ether oxygens (including phenoxy) is 1. The number of aryl methyl sites for hydroxylation is 1. The highest BCUT2D eigenvalue weighted by Crippen LogP contribution is 2.23. The van der Waals surface area contributed by atoms with Crippen LogP contribution in [0.2, 0.25) is 0 Å². The quantitative estimate of drug-likeness (QED) is 0.705. The first kappa shape index (κ1) is 12.7. The minimum Gasteiger partial charge on any atom is -0.488 e. The molecule has 0 aliphatic carbocycles. The van der Waals surface area contributed by atoms with Crippen LogP contribution in [0, 0.1) is 0 Å². The zero-order chi connectivity index (χ0) is 11.9. The molecule has 1 nitrogen and oxygen atoms in total. The minimum absolute atomic E-state index is 0.648. The molecule has 0 spiro atoms. The van der Waals surface area contributed by atoms with Crippen molar-refractivity contribution in [2.75, 3.05) is 5.33 Å². The van der Waals surface area contributed by atoms with E-state index in [2.05, 4.69) is 39.5 Å². The van der Waals surface area contributed by atoms with Crippen molar-refractivity contribution in [1.29, 1.82) is 0 Å². The minimum atomic E-state index is 0.648. The summed E-state index contributed by atoms with van der Waals surface area (Å²) in [4.78, 5) is 1.40. The number of halogens is 1. The van der Waals surface area contributed by atoms with Crippen LogP contribution in [0.15, 0.2) is 41.8 Å². The molecule has 2 aromatic rings. The Kier molecular flexibility index (Phi) is 5.08. The highest BCUT2D eigenvalue weighted by atomic mass is 79.9. The van der Waals surface area contributed by atoms with Gasteiger partial charge in [0.1, 0.15) is 12.4 Å². The first-order chi connectivity index (χ1) is 8.38. The zero-order valence-electron chi connectivity index (χ0n) is 9.56. The molecule has 3 heteroatoms. The summed E-state index contributed by atoms with van der Waals surface area (Å²) in [5.74, 6) is 0.989. The van der Waals surface area contributed by atoms with Gasteiger partial charge >= 0.3 is 0 Å². The summed E-state index contributed by atoms with van der Waals surface area (Å²) in [6.45, 7) is 0.648. The monoisotopic (exact) mass is 310 g/mol. The Labute approximate surface area is 115 Å². The number of hydrogen-bond acceptors (Lipinski definition) is 2. The van der Waals surface area contributed by atoms with Crippen LogP contribution in [0.25, 0.3) is 0 Å². The maximum absolute atomic E-state index is 5.75. The van der Waals surface area contributed by atoms with Gasteiger partial charge in [0.25, 0.3) is 0 Å². The van der Waals surface area contributed by atoms with E-state index in [1.165, 1.54) is 16.9 Å². The molecule has 0 aliphatic heterocycles. The molecule has 0 atom stereocenters. The molecule has 1 aromatic carbocycles. The molecule has 0 saturated heterocycles. The molecule has 0 radical (unpaired) electrons. The molecule has 0 N–H and O–H groups in total. The zero-order valence-corrected chi connectivity index (χ0v) is 12.0. The Morgan fingerprint density at radius 1 is 1.18 bits per heavy atom. The van der Waals surface area contributed by atoms with E-state index in [1.54, 1.807) is 11.3 Å². The summed E-state index contributed by atoms with van der Waals surface area (Å²) in [5.41, 5.74) is 1.21. The molecule has 1 aromatic heterocycles. The second-order valence-corrected chi connectivity index (χ2v) is 5.60. The van der Waals surface area contributed by atoms with Crippen LogP contribution in [0.4, 0.5) is 0 Å². The lowest BCUT2D eigenvalue weighted by atomic mass is 10.2. The number of hydrogen-bond donors (Lipinski definition) is 0. The van der Waals surface area contributed by atoms with E-state index in [0.29, 0.717) is 6.61 Å². The summed E-state index contributed by atoms with van der Waals surface area (Å²) in [6, 6.07) is 12.4. The third-order valence-electron chi connectivity index (χ3n) is 2.43. The second kappa shape index (κ2) is 6.82. The van der Waals surface area contributed by atoms with Gasteiger partial charge in [-0.05, 0) is 24.5 Å². The van der Waals surface area contributed by atoms with Crippen molar-refractivity contribution in [2.24, 2.45) is 0 Å². The van der Waals surface area contributed by atoms with Crippen molar-refractivity contribution < 1.29 is 4.74 Å². The summed E-state index contributed by atoms with van der Waals surface area (Å²) < 4.78 is 5.75. The molecule has 0 amide bonds. The summed E-state index contributed by atoms with van der Waals surface area (Å²) in [5, 5.41) is 3.15. The highest BCUT2D eigenvalue weighted by molar-refractivity contribution is 9.09. The van der Waals surface area contributed by atoms with Crippen LogP contribution in [0.3, 0.4) is 0 Å². The first-order valence-corrected chi connectivity index (χ1v) is 7.68. The fraction of sp³-hybridized carbons (Fsp3) is 0.286. The first-order valence-electron chi connectivity index (χ1n) is 5.68. The molecule has 0 bridgehead atoms. The lowest BCUT2D eigenvalue weighted by Crippen LogP contribution is -1.93. The maximum atomic E-state index is 5.75. The van der Waals surface area contributed by atoms with Crippen molar-refractivity contribution >= 4 is 27.3 Å². The predicted octanol–water partition coefficient (Wildman–Crippen LogP) is 4.65. The summed E-state index contributed by atoms with van der Waals surface area (Å²) in [6.07, 6.45) is 2.31. The molecule has 17 heavy (non-hydrogen) atoms. The van der Waals surface area contributed by atoms with Gasteiger partial charge in [0.2, 0.25) is 0 Å². The molecule has 90 valence electrons. The average Bonchev–Trinajstić information content (AvgIpc) is 2.83. The van der Waals surface area contributed by atoms with Gasteiger partial charge in [-0.2, -0.15) is 0 Å².